The van der Waals surface area contributed by atoms with Crippen molar-refractivity contribution in [3.63, 3.8) is 0 Å². The third-order valence-corrected chi connectivity index (χ3v) is 1.46. The van der Waals surface area contributed by atoms with E-state index in [0.29, 0.717) is 0 Å². The minimum absolute atomic E-state index is 1.02. The fraction of sp³-hybridized carbons (Fsp3) is 0.636. The summed E-state index contributed by atoms with van der Waals surface area (Å²) in [5, 5.41) is 2.92. The van der Waals surface area contributed by atoms with E-state index in [9.17, 15) is 0 Å². The second-order valence-corrected chi connectivity index (χ2v) is 2.91. The smallest absolute Gasteiger partial charge is 0.00300 e. The highest BCUT2D eigenvalue weighted by Crippen LogP contribution is 1.96. The van der Waals surface area contributed by atoms with Crippen molar-refractivity contribution in [2.75, 3.05) is 7.05 Å². The molecule has 1 heteroatoms. The van der Waals surface area contributed by atoms with Crippen molar-refractivity contribution in [2.24, 2.45) is 0 Å². The lowest BCUT2D eigenvalue weighted by Crippen LogP contribution is -2.01. The minimum Gasteiger partial charge on any atom is -0.392 e. The SMILES string of the molecule is C=C(C)CCC.C=C(CC)NC. The van der Waals surface area contributed by atoms with Gasteiger partial charge in [-0.1, -0.05) is 32.4 Å². The van der Waals surface area contributed by atoms with Crippen LogP contribution in [0.2, 0.25) is 0 Å². The standard InChI is InChI=1S/C6H12.C5H11N/c1-4-5-6(2)3;1-4-5(2)6-3/h2,4-5H2,1,3H3;6H,2,4H2,1,3H3. The zero-order chi connectivity index (χ0) is 9.98. The third kappa shape index (κ3) is 16.1. The van der Waals surface area contributed by atoms with Gasteiger partial charge in [-0.3, -0.25) is 0 Å². The van der Waals surface area contributed by atoms with Crippen LogP contribution in [0.3, 0.4) is 0 Å². The van der Waals surface area contributed by atoms with Gasteiger partial charge in [0.15, 0.2) is 0 Å². The summed E-state index contributed by atoms with van der Waals surface area (Å²) in [6.45, 7) is 13.7. The molecule has 0 rings (SSSR count). The molecule has 0 heterocycles. The molecule has 0 aromatic heterocycles. The number of nitrogens with one attached hydrogen (secondary N) is 1. The van der Waals surface area contributed by atoms with E-state index >= 15 is 0 Å². The monoisotopic (exact) mass is 169 g/mol. The molecule has 0 aliphatic heterocycles. The largest absolute Gasteiger partial charge is 0.392 e. The Morgan fingerprint density at radius 3 is 1.75 bits per heavy atom. The molecule has 1 N–H and O–H groups in total. The zero-order valence-corrected chi connectivity index (χ0v) is 9.04. The molecule has 0 spiro atoms. The quantitative estimate of drug-likeness (QED) is 0.635. The Hall–Kier alpha value is -0.720. The van der Waals surface area contributed by atoms with Crippen LogP contribution in [-0.4, -0.2) is 7.05 Å². The average Bonchev–Trinajstić information content (AvgIpc) is 2.04. The van der Waals surface area contributed by atoms with E-state index in [-0.39, 0.29) is 0 Å². The highest BCUT2D eigenvalue weighted by atomic mass is 14.8. The molecule has 0 amide bonds. The lowest BCUT2D eigenvalue weighted by molar-refractivity contribution is 0.908. The van der Waals surface area contributed by atoms with Crippen molar-refractivity contribution >= 4 is 0 Å². The lowest BCUT2D eigenvalue weighted by atomic mass is 10.2. The van der Waals surface area contributed by atoms with E-state index in [2.05, 4.69) is 39.2 Å². The maximum atomic E-state index is 3.74. The van der Waals surface area contributed by atoms with Crippen molar-refractivity contribution in [3.05, 3.63) is 24.4 Å². The van der Waals surface area contributed by atoms with Gasteiger partial charge in [0.25, 0.3) is 0 Å². The van der Waals surface area contributed by atoms with Crippen LogP contribution in [0.25, 0.3) is 0 Å². The summed E-state index contributed by atoms with van der Waals surface area (Å²) >= 11 is 0. The molecular weight excluding hydrogens is 146 g/mol. The van der Waals surface area contributed by atoms with Crippen LogP contribution in [0.1, 0.15) is 40.0 Å². The summed E-state index contributed by atoms with van der Waals surface area (Å²) in [4.78, 5) is 0. The molecule has 0 bridgehead atoms. The van der Waals surface area contributed by atoms with Gasteiger partial charge in [-0.25, -0.2) is 0 Å². The molecule has 0 fully saturated rings. The van der Waals surface area contributed by atoms with Gasteiger partial charge in [0, 0.05) is 12.7 Å². The normalized spacial score (nSPS) is 8.00. The van der Waals surface area contributed by atoms with E-state index in [4.69, 9.17) is 0 Å². The van der Waals surface area contributed by atoms with Crippen LogP contribution in [0.4, 0.5) is 0 Å². The molecule has 0 aromatic carbocycles. The predicted octanol–water partition coefficient (Wildman–Crippen LogP) is 3.49. The molecule has 0 saturated carbocycles. The van der Waals surface area contributed by atoms with Crippen LogP contribution >= 0.6 is 0 Å². The van der Waals surface area contributed by atoms with Crippen molar-refractivity contribution in [1.82, 2.24) is 5.32 Å². The Morgan fingerprint density at radius 1 is 1.25 bits per heavy atom. The second kappa shape index (κ2) is 10.3. The number of rotatable bonds is 4. The third-order valence-electron chi connectivity index (χ3n) is 1.46. The summed E-state index contributed by atoms with van der Waals surface area (Å²) in [7, 11) is 1.88. The van der Waals surface area contributed by atoms with Gasteiger partial charge in [-0.2, -0.15) is 0 Å². The Balaban J connectivity index is 0. The van der Waals surface area contributed by atoms with Crippen LogP contribution in [0, 0.1) is 0 Å². The van der Waals surface area contributed by atoms with Gasteiger partial charge in [-0.05, 0) is 19.8 Å². The van der Waals surface area contributed by atoms with E-state index < -0.39 is 0 Å². The zero-order valence-electron chi connectivity index (χ0n) is 9.04. The Kier molecular flexibility index (Phi) is 11.9. The topological polar surface area (TPSA) is 12.0 Å². The van der Waals surface area contributed by atoms with E-state index in [0.717, 1.165) is 12.1 Å². The van der Waals surface area contributed by atoms with Gasteiger partial charge in [0.05, 0.1) is 0 Å². The summed E-state index contributed by atoms with van der Waals surface area (Å²) < 4.78 is 0. The Morgan fingerprint density at radius 2 is 1.75 bits per heavy atom. The van der Waals surface area contributed by atoms with Crippen LogP contribution in [0.5, 0.6) is 0 Å². The van der Waals surface area contributed by atoms with Crippen molar-refractivity contribution in [1.29, 1.82) is 0 Å². The summed E-state index contributed by atoms with van der Waals surface area (Å²) in [6, 6.07) is 0. The molecule has 0 aromatic rings. The Labute approximate surface area is 77.6 Å². The predicted molar refractivity (Wildman–Crippen MR) is 58.2 cm³/mol. The molecular formula is C11H23N. The molecule has 12 heavy (non-hydrogen) atoms. The minimum atomic E-state index is 1.02. The molecule has 1 nitrogen and oxygen atoms in total. The van der Waals surface area contributed by atoms with Gasteiger partial charge in [0.1, 0.15) is 0 Å². The van der Waals surface area contributed by atoms with Crippen molar-refractivity contribution in [2.45, 2.75) is 40.0 Å². The fourth-order valence-corrected chi connectivity index (χ4v) is 0.604. The molecule has 0 aliphatic carbocycles. The number of hydrogen-bond donors (Lipinski definition) is 1. The summed E-state index contributed by atoms with van der Waals surface area (Å²) in [6.07, 6.45) is 3.44. The van der Waals surface area contributed by atoms with Gasteiger partial charge < -0.3 is 5.32 Å². The second-order valence-electron chi connectivity index (χ2n) is 2.91. The molecule has 72 valence electrons. The number of allylic oxidation sites excluding steroid dienone is 2. The van der Waals surface area contributed by atoms with E-state index in [1.54, 1.807) is 0 Å². The first-order valence-electron chi connectivity index (χ1n) is 4.58. The highest BCUT2D eigenvalue weighted by molar-refractivity contribution is 4.86. The molecule has 0 unspecified atom stereocenters. The van der Waals surface area contributed by atoms with Crippen LogP contribution < -0.4 is 5.32 Å². The van der Waals surface area contributed by atoms with Crippen molar-refractivity contribution < 1.29 is 0 Å². The maximum absolute atomic E-state index is 3.74. The lowest BCUT2D eigenvalue weighted by Gasteiger charge is -1.94. The summed E-state index contributed by atoms with van der Waals surface area (Å²) in [5.74, 6) is 0. The van der Waals surface area contributed by atoms with E-state index in [1.807, 2.05) is 7.05 Å². The molecule has 0 saturated heterocycles. The van der Waals surface area contributed by atoms with Gasteiger partial charge >= 0.3 is 0 Å². The van der Waals surface area contributed by atoms with Gasteiger partial charge in [-0.15, -0.1) is 6.58 Å². The van der Waals surface area contributed by atoms with Gasteiger partial charge in [0.2, 0.25) is 0 Å². The first-order valence-corrected chi connectivity index (χ1v) is 4.58. The van der Waals surface area contributed by atoms with Crippen molar-refractivity contribution in [3.8, 4) is 0 Å². The van der Waals surface area contributed by atoms with Crippen LogP contribution in [-0.2, 0) is 0 Å². The number of hydrogen-bond acceptors (Lipinski definition) is 1. The molecule has 0 radical (unpaired) electrons. The fourth-order valence-electron chi connectivity index (χ4n) is 0.604. The average molecular weight is 169 g/mol. The Bertz CT molecular complexity index is 119. The maximum Gasteiger partial charge on any atom is 0.00300 e. The molecule has 0 aliphatic rings. The molecule has 0 atom stereocenters. The highest BCUT2D eigenvalue weighted by Gasteiger charge is 1.76. The first kappa shape index (κ1) is 13.8. The first-order chi connectivity index (χ1) is 5.58. The summed E-state index contributed by atoms with van der Waals surface area (Å²) in [5.41, 5.74) is 2.38. The van der Waals surface area contributed by atoms with E-state index in [1.165, 1.54) is 18.4 Å². The van der Waals surface area contributed by atoms with Crippen LogP contribution in [0.15, 0.2) is 24.4 Å².